The van der Waals surface area contributed by atoms with E-state index in [0.29, 0.717) is 32.3 Å². The minimum absolute atomic E-state index is 0.0538. The normalized spacial score (nSPS) is 20.4. The molecule has 1 aliphatic heterocycles. The molecule has 1 fully saturated rings. The fourth-order valence-electron chi connectivity index (χ4n) is 2.41. The maximum Gasteiger partial charge on any atom is 0.201 e. The van der Waals surface area contributed by atoms with Crippen molar-refractivity contribution in [3.8, 4) is 0 Å². The number of para-hydroxylation sites is 1. The number of rotatable bonds is 2. The van der Waals surface area contributed by atoms with Gasteiger partial charge in [0.05, 0.1) is 43.5 Å². The molecule has 5 heteroatoms. The number of ether oxygens (including phenoxy) is 2. The molecule has 2 heterocycles. The van der Waals surface area contributed by atoms with Crippen molar-refractivity contribution in [3.05, 3.63) is 23.8 Å². The number of hydrogen-bond acceptors (Lipinski definition) is 4. The molecule has 1 aromatic heterocycles. The molecular formula is C13H17N3O2. The van der Waals surface area contributed by atoms with Crippen molar-refractivity contribution in [2.24, 2.45) is 0 Å². The summed E-state index contributed by atoms with van der Waals surface area (Å²) in [7, 11) is 0. The summed E-state index contributed by atoms with van der Waals surface area (Å²) in [5.74, 6) is 0.536. The molecule has 0 saturated carbocycles. The molecule has 0 spiro atoms. The van der Waals surface area contributed by atoms with E-state index in [4.69, 9.17) is 15.2 Å². The molecule has 2 N–H and O–H groups in total. The maximum absolute atomic E-state index is 5.99. The lowest BCUT2D eigenvalue weighted by molar-refractivity contribution is -0.0930. The minimum atomic E-state index is 0.0538. The summed E-state index contributed by atoms with van der Waals surface area (Å²) < 4.78 is 13.1. The van der Waals surface area contributed by atoms with Gasteiger partial charge >= 0.3 is 0 Å². The molecular weight excluding hydrogens is 230 g/mol. The third-order valence-electron chi connectivity index (χ3n) is 3.27. The van der Waals surface area contributed by atoms with E-state index in [2.05, 4.69) is 18.0 Å². The number of benzene rings is 1. The van der Waals surface area contributed by atoms with Crippen LogP contribution >= 0.6 is 0 Å². The third kappa shape index (κ3) is 1.95. The van der Waals surface area contributed by atoms with Gasteiger partial charge in [0.2, 0.25) is 5.95 Å². The molecule has 96 valence electrons. The Morgan fingerprint density at radius 2 is 2.33 bits per heavy atom. The lowest BCUT2D eigenvalue weighted by Crippen LogP contribution is -2.32. The number of anilines is 1. The van der Waals surface area contributed by atoms with Gasteiger partial charge in [-0.15, -0.1) is 0 Å². The smallest absolute Gasteiger partial charge is 0.201 e. The molecule has 18 heavy (non-hydrogen) atoms. The molecule has 1 aliphatic rings. The largest absolute Gasteiger partial charge is 0.376 e. The predicted octanol–water partition coefficient (Wildman–Crippen LogP) is 1.34. The van der Waals surface area contributed by atoms with Gasteiger partial charge in [0.15, 0.2) is 0 Å². The van der Waals surface area contributed by atoms with Gasteiger partial charge < -0.3 is 19.8 Å². The lowest BCUT2D eigenvalue weighted by Gasteiger charge is -2.24. The first-order valence-corrected chi connectivity index (χ1v) is 6.16. The highest BCUT2D eigenvalue weighted by Gasteiger charge is 2.18. The van der Waals surface area contributed by atoms with Gasteiger partial charge in [-0.3, -0.25) is 0 Å². The van der Waals surface area contributed by atoms with Crippen LogP contribution in [0.1, 0.15) is 5.56 Å². The topological polar surface area (TPSA) is 62.3 Å². The van der Waals surface area contributed by atoms with Crippen LogP contribution in [0, 0.1) is 6.92 Å². The lowest BCUT2D eigenvalue weighted by atomic mass is 10.2. The summed E-state index contributed by atoms with van der Waals surface area (Å²) in [4.78, 5) is 4.38. The Labute approximate surface area is 106 Å². The van der Waals surface area contributed by atoms with Gasteiger partial charge in [-0.2, -0.15) is 0 Å². The predicted molar refractivity (Wildman–Crippen MR) is 69.4 cm³/mol. The average molecular weight is 247 g/mol. The molecule has 3 rings (SSSR count). The standard InChI is InChI=1S/C13H17N3O2/c1-9-3-2-4-11-12(9)16(13(14)15-11)7-10-8-17-5-6-18-10/h2-4,10H,5-8H2,1H3,(H2,14,15). The van der Waals surface area contributed by atoms with Crippen molar-refractivity contribution < 1.29 is 9.47 Å². The second-order valence-electron chi connectivity index (χ2n) is 4.59. The summed E-state index contributed by atoms with van der Waals surface area (Å²) in [5, 5.41) is 0. The first kappa shape index (κ1) is 11.5. The number of nitrogens with zero attached hydrogens (tertiary/aromatic N) is 2. The number of nitrogens with two attached hydrogens (primary N) is 1. The van der Waals surface area contributed by atoms with Gasteiger partial charge in [-0.1, -0.05) is 12.1 Å². The molecule has 0 amide bonds. The van der Waals surface area contributed by atoms with Crippen molar-refractivity contribution in [3.63, 3.8) is 0 Å². The Hall–Kier alpha value is -1.59. The molecule has 0 radical (unpaired) electrons. The zero-order chi connectivity index (χ0) is 12.5. The Bertz CT molecular complexity index is 559. The number of aryl methyl sites for hydroxylation is 1. The van der Waals surface area contributed by atoms with E-state index in [1.54, 1.807) is 0 Å². The van der Waals surface area contributed by atoms with E-state index in [-0.39, 0.29) is 6.10 Å². The zero-order valence-corrected chi connectivity index (χ0v) is 10.4. The zero-order valence-electron chi connectivity index (χ0n) is 10.4. The average Bonchev–Trinajstić information content (AvgIpc) is 2.69. The van der Waals surface area contributed by atoms with E-state index in [1.807, 2.05) is 16.7 Å². The van der Waals surface area contributed by atoms with Crippen LogP contribution < -0.4 is 5.73 Å². The number of hydrogen-bond donors (Lipinski definition) is 1. The van der Waals surface area contributed by atoms with Gasteiger partial charge in [0.25, 0.3) is 0 Å². The highest BCUT2D eigenvalue weighted by atomic mass is 16.6. The molecule has 0 bridgehead atoms. The number of imidazole rings is 1. The monoisotopic (exact) mass is 247 g/mol. The highest BCUT2D eigenvalue weighted by Crippen LogP contribution is 2.22. The fraction of sp³-hybridized carbons (Fsp3) is 0.462. The first-order valence-electron chi connectivity index (χ1n) is 6.16. The molecule has 1 saturated heterocycles. The second kappa shape index (κ2) is 4.59. The van der Waals surface area contributed by atoms with Crippen LogP contribution in [-0.4, -0.2) is 35.5 Å². The summed E-state index contributed by atoms with van der Waals surface area (Å²) in [5.41, 5.74) is 9.19. The number of nitrogen functional groups attached to an aromatic ring is 1. The van der Waals surface area contributed by atoms with E-state index in [9.17, 15) is 0 Å². The Morgan fingerprint density at radius 3 is 3.11 bits per heavy atom. The van der Waals surface area contributed by atoms with E-state index < -0.39 is 0 Å². The highest BCUT2D eigenvalue weighted by molar-refractivity contribution is 5.81. The third-order valence-corrected chi connectivity index (χ3v) is 3.27. The molecule has 0 aliphatic carbocycles. The SMILES string of the molecule is Cc1cccc2nc(N)n(CC3COCCO3)c12. The number of fused-ring (bicyclic) bond motifs is 1. The van der Waals surface area contributed by atoms with Gasteiger partial charge in [0, 0.05) is 0 Å². The summed E-state index contributed by atoms with van der Waals surface area (Å²) in [6.07, 6.45) is 0.0538. The Balaban J connectivity index is 1.97. The number of aromatic nitrogens is 2. The summed E-state index contributed by atoms with van der Waals surface area (Å²) >= 11 is 0. The van der Waals surface area contributed by atoms with Gasteiger partial charge in [-0.25, -0.2) is 4.98 Å². The van der Waals surface area contributed by atoms with Crippen molar-refractivity contribution in [2.75, 3.05) is 25.6 Å². The Morgan fingerprint density at radius 1 is 1.44 bits per heavy atom. The quantitative estimate of drug-likeness (QED) is 0.870. The van der Waals surface area contributed by atoms with Crippen LogP contribution in [0.3, 0.4) is 0 Å². The van der Waals surface area contributed by atoms with E-state index in [1.165, 1.54) is 5.56 Å². The summed E-state index contributed by atoms with van der Waals surface area (Å²) in [6, 6.07) is 6.04. The minimum Gasteiger partial charge on any atom is -0.376 e. The van der Waals surface area contributed by atoms with Crippen LogP contribution in [-0.2, 0) is 16.0 Å². The van der Waals surface area contributed by atoms with Gasteiger partial charge in [-0.05, 0) is 18.6 Å². The van der Waals surface area contributed by atoms with Crippen LogP contribution in [0.15, 0.2) is 18.2 Å². The fourth-order valence-corrected chi connectivity index (χ4v) is 2.41. The molecule has 1 atom stereocenters. The molecule has 1 unspecified atom stereocenters. The molecule has 1 aromatic carbocycles. The Kier molecular flexibility index (Phi) is 2.93. The van der Waals surface area contributed by atoms with Crippen LogP contribution in [0.4, 0.5) is 5.95 Å². The van der Waals surface area contributed by atoms with Gasteiger partial charge in [0.1, 0.15) is 0 Å². The van der Waals surface area contributed by atoms with E-state index in [0.717, 1.165) is 11.0 Å². The van der Waals surface area contributed by atoms with Crippen LogP contribution in [0.5, 0.6) is 0 Å². The second-order valence-corrected chi connectivity index (χ2v) is 4.59. The first-order chi connectivity index (χ1) is 8.75. The maximum atomic E-state index is 5.99. The van der Waals surface area contributed by atoms with Crippen molar-refractivity contribution >= 4 is 17.0 Å². The summed E-state index contributed by atoms with van der Waals surface area (Å²) in [6.45, 7) is 4.70. The van der Waals surface area contributed by atoms with E-state index >= 15 is 0 Å². The van der Waals surface area contributed by atoms with Crippen LogP contribution in [0.2, 0.25) is 0 Å². The molecule has 5 nitrogen and oxygen atoms in total. The van der Waals surface area contributed by atoms with Crippen molar-refractivity contribution in [1.82, 2.24) is 9.55 Å². The van der Waals surface area contributed by atoms with Crippen LogP contribution in [0.25, 0.3) is 11.0 Å². The van der Waals surface area contributed by atoms with Crippen molar-refractivity contribution in [2.45, 2.75) is 19.6 Å². The molecule has 2 aromatic rings. The van der Waals surface area contributed by atoms with Crippen molar-refractivity contribution in [1.29, 1.82) is 0 Å².